The van der Waals surface area contributed by atoms with E-state index in [1.807, 2.05) is 47.2 Å². The molecule has 0 N–H and O–H groups in total. The van der Waals surface area contributed by atoms with Crippen LogP contribution >= 0.6 is 22.7 Å². The van der Waals surface area contributed by atoms with Crippen LogP contribution in [0.3, 0.4) is 0 Å². The summed E-state index contributed by atoms with van der Waals surface area (Å²) in [6.45, 7) is 1.72. The van der Waals surface area contributed by atoms with E-state index in [0.717, 1.165) is 16.1 Å². The molecular weight excluding hydrogens is 370 g/mol. The molecule has 1 aromatic carbocycles. The average Bonchev–Trinajstić information content (AvgIpc) is 3.40. The number of ether oxygens (including phenoxy) is 1. The lowest BCUT2D eigenvalue weighted by molar-refractivity contribution is 0.0434. The molecule has 0 aliphatic rings. The van der Waals surface area contributed by atoms with Gasteiger partial charge in [-0.05, 0) is 18.4 Å². The van der Waals surface area contributed by atoms with Crippen molar-refractivity contribution in [2.45, 2.75) is 13.5 Å². The first-order valence-corrected chi connectivity index (χ1v) is 9.52. The number of thiophene rings is 1. The number of esters is 1. The summed E-state index contributed by atoms with van der Waals surface area (Å²) in [7, 11) is 0. The SMILES string of the molecule is Cc1nc(-c2ccccc2)sc1C(=O)OCc1nc(-c2ccsc2)no1. The van der Waals surface area contributed by atoms with Crippen LogP contribution in [0.2, 0.25) is 0 Å². The first kappa shape index (κ1) is 16.6. The third-order valence-electron chi connectivity index (χ3n) is 3.58. The molecule has 3 heterocycles. The molecule has 4 rings (SSSR count). The van der Waals surface area contributed by atoms with Gasteiger partial charge in [-0.1, -0.05) is 35.5 Å². The lowest BCUT2D eigenvalue weighted by atomic mass is 10.2. The van der Waals surface area contributed by atoms with Gasteiger partial charge in [-0.15, -0.1) is 11.3 Å². The molecule has 0 atom stereocenters. The Morgan fingerprint density at radius 2 is 2.00 bits per heavy atom. The summed E-state index contributed by atoms with van der Waals surface area (Å²) in [6.07, 6.45) is 0. The Labute approximate surface area is 157 Å². The number of carbonyl (C=O) groups excluding carboxylic acids is 1. The van der Waals surface area contributed by atoms with E-state index in [1.54, 1.807) is 18.3 Å². The Kier molecular flexibility index (Phi) is 4.59. The fourth-order valence-corrected chi connectivity index (χ4v) is 3.91. The number of hydrogen-bond acceptors (Lipinski definition) is 8. The van der Waals surface area contributed by atoms with Crippen molar-refractivity contribution < 1.29 is 14.1 Å². The van der Waals surface area contributed by atoms with Crippen molar-refractivity contribution in [3.63, 3.8) is 0 Å². The maximum absolute atomic E-state index is 12.4. The van der Waals surface area contributed by atoms with Gasteiger partial charge in [-0.2, -0.15) is 16.3 Å². The second-order valence-electron chi connectivity index (χ2n) is 5.40. The summed E-state index contributed by atoms with van der Waals surface area (Å²) in [5.74, 6) is 0.292. The van der Waals surface area contributed by atoms with E-state index in [-0.39, 0.29) is 12.5 Å². The number of aryl methyl sites for hydroxylation is 1. The molecule has 8 heteroatoms. The predicted octanol–water partition coefficient (Wildman–Crippen LogP) is 4.59. The standard InChI is InChI=1S/C18H13N3O3S2/c1-11-15(26-17(19-11)12-5-3-2-4-6-12)18(22)23-9-14-20-16(21-24-14)13-7-8-25-10-13/h2-8,10H,9H2,1H3. The Balaban J connectivity index is 1.45. The topological polar surface area (TPSA) is 78.1 Å². The number of thiazole rings is 1. The molecule has 0 aliphatic heterocycles. The summed E-state index contributed by atoms with van der Waals surface area (Å²) in [4.78, 5) is 21.5. The molecule has 0 fully saturated rings. The highest BCUT2D eigenvalue weighted by Crippen LogP contribution is 2.28. The molecule has 0 unspecified atom stereocenters. The summed E-state index contributed by atoms with van der Waals surface area (Å²) >= 11 is 2.86. The molecule has 0 saturated carbocycles. The Morgan fingerprint density at radius 1 is 1.15 bits per heavy atom. The zero-order valence-corrected chi connectivity index (χ0v) is 15.3. The van der Waals surface area contributed by atoms with Crippen LogP contribution in [0, 0.1) is 6.92 Å². The second kappa shape index (κ2) is 7.19. The van der Waals surface area contributed by atoms with Crippen molar-refractivity contribution in [1.82, 2.24) is 15.1 Å². The minimum absolute atomic E-state index is 0.0754. The molecule has 0 saturated heterocycles. The van der Waals surface area contributed by atoms with Gasteiger partial charge in [0.1, 0.15) is 9.88 Å². The molecule has 0 radical (unpaired) electrons. The Bertz CT molecular complexity index is 1020. The van der Waals surface area contributed by atoms with Gasteiger partial charge in [-0.3, -0.25) is 0 Å². The fraction of sp³-hybridized carbons (Fsp3) is 0.111. The van der Waals surface area contributed by atoms with E-state index in [2.05, 4.69) is 15.1 Å². The summed E-state index contributed by atoms with van der Waals surface area (Å²) in [6, 6.07) is 11.6. The number of nitrogens with zero attached hydrogens (tertiary/aromatic N) is 3. The van der Waals surface area contributed by atoms with Crippen LogP contribution in [0.25, 0.3) is 22.0 Å². The van der Waals surface area contributed by atoms with Crippen LogP contribution in [0.5, 0.6) is 0 Å². The quantitative estimate of drug-likeness (QED) is 0.469. The van der Waals surface area contributed by atoms with Gasteiger partial charge in [0.2, 0.25) is 5.82 Å². The molecule has 3 aromatic heterocycles. The highest BCUT2D eigenvalue weighted by Gasteiger charge is 2.19. The third kappa shape index (κ3) is 3.42. The number of carbonyl (C=O) groups is 1. The second-order valence-corrected chi connectivity index (χ2v) is 7.18. The highest BCUT2D eigenvalue weighted by molar-refractivity contribution is 7.17. The molecule has 26 heavy (non-hydrogen) atoms. The maximum Gasteiger partial charge on any atom is 0.350 e. The van der Waals surface area contributed by atoms with Crippen molar-refractivity contribution in [2.75, 3.05) is 0 Å². The summed E-state index contributed by atoms with van der Waals surface area (Å²) < 4.78 is 10.4. The van der Waals surface area contributed by atoms with Crippen LogP contribution in [-0.2, 0) is 11.3 Å². The van der Waals surface area contributed by atoms with E-state index in [9.17, 15) is 4.79 Å². The molecule has 0 aliphatic carbocycles. The van der Waals surface area contributed by atoms with Crippen LogP contribution in [0.1, 0.15) is 21.3 Å². The third-order valence-corrected chi connectivity index (χ3v) is 5.45. The van der Waals surface area contributed by atoms with Gasteiger partial charge in [0.25, 0.3) is 5.89 Å². The molecule has 0 bridgehead atoms. The Hall–Kier alpha value is -2.84. The first-order valence-electron chi connectivity index (χ1n) is 7.76. The smallest absolute Gasteiger partial charge is 0.350 e. The average molecular weight is 383 g/mol. The maximum atomic E-state index is 12.4. The lowest BCUT2D eigenvalue weighted by Crippen LogP contribution is -2.05. The number of benzene rings is 1. The molecule has 130 valence electrons. The van der Waals surface area contributed by atoms with Crippen LogP contribution < -0.4 is 0 Å². The van der Waals surface area contributed by atoms with E-state index >= 15 is 0 Å². The first-order chi connectivity index (χ1) is 12.7. The Morgan fingerprint density at radius 3 is 2.77 bits per heavy atom. The van der Waals surface area contributed by atoms with Gasteiger partial charge >= 0.3 is 5.97 Å². The number of aromatic nitrogens is 3. The van der Waals surface area contributed by atoms with Gasteiger partial charge in [0, 0.05) is 16.5 Å². The molecule has 0 spiro atoms. The zero-order valence-electron chi connectivity index (χ0n) is 13.7. The van der Waals surface area contributed by atoms with Crippen LogP contribution in [0.15, 0.2) is 51.7 Å². The van der Waals surface area contributed by atoms with Crippen molar-refractivity contribution in [2.24, 2.45) is 0 Å². The summed E-state index contributed by atoms with van der Waals surface area (Å²) in [5.41, 5.74) is 2.49. The molecular formula is C18H13N3O3S2. The van der Waals surface area contributed by atoms with Crippen molar-refractivity contribution >= 4 is 28.6 Å². The minimum Gasteiger partial charge on any atom is -0.451 e. The van der Waals surface area contributed by atoms with Crippen molar-refractivity contribution in [1.29, 1.82) is 0 Å². The molecule has 0 amide bonds. The predicted molar refractivity (Wildman–Crippen MR) is 99.0 cm³/mol. The fourth-order valence-electron chi connectivity index (χ4n) is 2.31. The van der Waals surface area contributed by atoms with Crippen molar-refractivity contribution in [3.05, 3.63) is 63.6 Å². The van der Waals surface area contributed by atoms with Crippen molar-refractivity contribution in [3.8, 4) is 22.0 Å². The normalized spacial score (nSPS) is 10.8. The summed E-state index contributed by atoms with van der Waals surface area (Å²) in [5, 5.41) is 8.53. The van der Waals surface area contributed by atoms with E-state index in [4.69, 9.17) is 9.26 Å². The van der Waals surface area contributed by atoms with E-state index in [1.165, 1.54) is 11.3 Å². The van der Waals surface area contributed by atoms with Gasteiger partial charge in [-0.25, -0.2) is 9.78 Å². The van der Waals surface area contributed by atoms with Crippen LogP contribution in [0.4, 0.5) is 0 Å². The van der Waals surface area contributed by atoms with Crippen LogP contribution in [-0.4, -0.2) is 21.1 Å². The van der Waals surface area contributed by atoms with Gasteiger partial charge in [0.05, 0.1) is 5.69 Å². The number of rotatable bonds is 5. The van der Waals surface area contributed by atoms with E-state index < -0.39 is 5.97 Å². The molecule has 4 aromatic rings. The minimum atomic E-state index is -0.447. The largest absolute Gasteiger partial charge is 0.451 e. The van der Waals surface area contributed by atoms with Gasteiger partial charge in [0.15, 0.2) is 6.61 Å². The highest BCUT2D eigenvalue weighted by atomic mass is 32.1. The van der Waals surface area contributed by atoms with E-state index in [0.29, 0.717) is 16.4 Å². The van der Waals surface area contributed by atoms with Gasteiger partial charge < -0.3 is 9.26 Å². The number of hydrogen-bond donors (Lipinski definition) is 0. The monoisotopic (exact) mass is 383 g/mol. The lowest BCUT2D eigenvalue weighted by Gasteiger charge is -1.99. The zero-order chi connectivity index (χ0) is 17.9. The molecule has 6 nitrogen and oxygen atoms in total.